The monoisotopic (exact) mass is 321 g/mol. The van der Waals surface area contributed by atoms with Gasteiger partial charge < -0.3 is 19.9 Å². The Hall–Kier alpha value is -2.07. The summed E-state index contributed by atoms with van der Waals surface area (Å²) < 4.78 is 16.4. The summed E-state index contributed by atoms with van der Waals surface area (Å²) in [5, 5.41) is 0.706. The summed E-state index contributed by atoms with van der Waals surface area (Å²) in [5.74, 6) is 2.23. The van der Waals surface area contributed by atoms with Crippen LogP contribution >= 0.6 is 11.6 Å². The molecule has 2 aromatic carbocycles. The fourth-order valence-electron chi connectivity index (χ4n) is 1.89. The molecule has 0 aromatic heterocycles. The molecule has 2 aromatic rings. The first kappa shape index (κ1) is 16.3. The van der Waals surface area contributed by atoms with Gasteiger partial charge in [0.2, 0.25) is 0 Å². The molecule has 0 heterocycles. The normalized spacial score (nSPS) is 10.3. The van der Waals surface area contributed by atoms with Crippen molar-refractivity contribution in [2.24, 2.45) is 0 Å². The number of benzene rings is 2. The summed E-state index contributed by atoms with van der Waals surface area (Å²) >= 11 is 5.81. The summed E-state index contributed by atoms with van der Waals surface area (Å²) in [5.41, 5.74) is 6.47. The van der Waals surface area contributed by atoms with Gasteiger partial charge in [0.15, 0.2) is 0 Å². The van der Waals surface area contributed by atoms with Gasteiger partial charge in [-0.3, -0.25) is 0 Å². The Bertz CT molecular complexity index is 587. The molecule has 0 aliphatic carbocycles. The third kappa shape index (κ3) is 5.04. The van der Waals surface area contributed by atoms with Crippen LogP contribution in [0.15, 0.2) is 42.5 Å². The van der Waals surface area contributed by atoms with Crippen molar-refractivity contribution in [3.63, 3.8) is 0 Å². The summed E-state index contributed by atoms with van der Waals surface area (Å²) in [6, 6.07) is 12.7. The van der Waals surface area contributed by atoms with Crippen LogP contribution in [0.25, 0.3) is 0 Å². The maximum absolute atomic E-state index is 5.89. The van der Waals surface area contributed by atoms with E-state index < -0.39 is 0 Å². The molecule has 22 heavy (non-hydrogen) atoms. The molecule has 0 spiro atoms. The Labute approximate surface area is 135 Å². The lowest BCUT2D eigenvalue weighted by Crippen LogP contribution is -2.04. The predicted molar refractivity (Wildman–Crippen MR) is 89.1 cm³/mol. The van der Waals surface area contributed by atoms with Gasteiger partial charge in [0.25, 0.3) is 0 Å². The van der Waals surface area contributed by atoms with Gasteiger partial charge in [-0.25, -0.2) is 0 Å². The number of halogens is 1. The molecular formula is C17H20ClNO3. The minimum atomic E-state index is 0.580. The minimum absolute atomic E-state index is 0.580. The third-order valence-corrected chi connectivity index (χ3v) is 3.35. The zero-order chi connectivity index (χ0) is 15.8. The van der Waals surface area contributed by atoms with Crippen molar-refractivity contribution in [1.82, 2.24) is 0 Å². The van der Waals surface area contributed by atoms with Crippen LogP contribution in [-0.4, -0.2) is 20.3 Å². The number of nitrogen functional groups attached to an aromatic ring is 1. The van der Waals surface area contributed by atoms with Crippen LogP contribution < -0.4 is 19.9 Å². The lowest BCUT2D eigenvalue weighted by atomic mass is 10.3. The fraction of sp³-hybridized carbons (Fsp3) is 0.294. The molecular weight excluding hydrogens is 302 g/mol. The van der Waals surface area contributed by atoms with Crippen LogP contribution in [0.1, 0.15) is 12.8 Å². The van der Waals surface area contributed by atoms with Crippen LogP contribution in [0, 0.1) is 0 Å². The average molecular weight is 322 g/mol. The number of nitrogens with two attached hydrogens (primary N) is 1. The van der Waals surface area contributed by atoms with Gasteiger partial charge in [-0.2, -0.15) is 0 Å². The van der Waals surface area contributed by atoms with Crippen molar-refractivity contribution in [2.75, 3.05) is 26.1 Å². The zero-order valence-corrected chi connectivity index (χ0v) is 13.3. The van der Waals surface area contributed by atoms with E-state index in [4.69, 9.17) is 31.5 Å². The first-order chi connectivity index (χ1) is 10.7. The predicted octanol–water partition coefficient (Wildman–Crippen LogP) is 4.17. The van der Waals surface area contributed by atoms with Crippen LogP contribution in [0.2, 0.25) is 5.02 Å². The summed E-state index contributed by atoms with van der Waals surface area (Å²) in [6.45, 7) is 1.24. The minimum Gasteiger partial charge on any atom is -0.497 e. The van der Waals surface area contributed by atoms with Gasteiger partial charge in [0.05, 0.1) is 26.0 Å². The molecule has 0 bridgehead atoms. The van der Waals surface area contributed by atoms with Crippen LogP contribution in [-0.2, 0) is 0 Å². The highest BCUT2D eigenvalue weighted by Crippen LogP contribution is 2.26. The fourth-order valence-corrected chi connectivity index (χ4v) is 2.02. The van der Waals surface area contributed by atoms with Crippen LogP contribution in [0.5, 0.6) is 17.2 Å². The molecule has 0 fully saturated rings. The van der Waals surface area contributed by atoms with Crippen molar-refractivity contribution in [3.8, 4) is 17.2 Å². The number of anilines is 1. The Kier molecular flexibility index (Phi) is 6.22. The molecule has 118 valence electrons. The van der Waals surface area contributed by atoms with Gasteiger partial charge in [-0.15, -0.1) is 0 Å². The van der Waals surface area contributed by atoms with E-state index in [-0.39, 0.29) is 0 Å². The molecule has 2 N–H and O–H groups in total. The molecule has 0 aliphatic rings. The maximum Gasteiger partial charge on any atom is 0.142 e. The highest BCUT2D eigenvalue weighted by Gasteiger charge is 2.02. The molecule has 5 heteroatoms. The van der Waals surface area contributed by atoms with Crippen molar-refractivity contribution in [3.05, 3.63) is 47.5 Å². The summed E-state index contributed by atoms with van der Waals surface area (Å²) in [7, 11) is 1.61. The van der Waals surface area contributed by atoms with Gasteiger partial charge in [0.1, 0.15) is 17.2 Å². The Morgan fingerprint density at radius 2 is 1.55 bits per heavy atom. The van der Waals surface area contributed by atoms with E-state index in [0.29, 0.717) is 29.7 Å². The smallest absolute Gasteiger partial charge is 0.142 e. The maximum atomic E-state index is 5.89. The molecule has 0 amide bonds. The van der Waals surface area contributed by atoms with E-state index in [1.54, 1.807) is 13.2 Å². The van der Waals surface area contributed by atoms with E-state index >= 15 is 0 Å². The van der Waals surface area contributed by atoms with E-state index in [1.165, 1.54) is 0 Å². The number of hydrogen-bond acceptors (Lipinski definition) is 4. The van der Waals surface area contributed by atoms with E-state index in [9.17, 15) is 0 Å². The van der Waals surface area contributed by atoms with Crippen molar-refractivity contribution in [2.45, 2.75) is 12.8 Å². The first-order valence-electron chi connectivity index (χ1n) is 7.14. The third-order valence-electron chi connectivity index (χ3n) is 3.10. The highest BCUT2D eigenvalue weighted by molar-refractivity contribution is 6.30. The zero-order valence-electron chi connectivity index (χ0n) is 12.5. The topological polar surface area (TPSA) is 53.7 Å². The van der Waals surface area contributed by atoms with Crippen LogP contribution in [0.4, 0.5) is 5.69 Å². The van der Waals surface area contributed by atoms with Gasteiger partial charge in [-0.05, 0) is 49.2 Å². The van der Waals surface area contributed by atoms with Crippen molar-refractivity contribution >= 4 is 17.3 Å². The standard InChI is InChI=1S/C17H20ClNO3/c1-20-15-8-9-17(16(19)12-15)22-11-3-2-10-21-14-6-4-13(18)5-7-14/h4-9,12H,2-3,10-11,19H2,1H3. The summed E-state index contributed by atoms with van der Waals surface area (Å²) in [4.78, 5) is 0. The van der Waals surface area contributed by atoms with Crippen LogP contribution in [0.3, 0.4) is 0 Å². The first-order valence-corrected chi connectivity index (χ1v) is 7.51. The molecule has 0 atom stereocenters. The number of rotatable bonds is 8. The molecule has 0 saturated carbocycles. The van der Waals surface area contributed by atoms with E-state index in [0.717, 1.165) is 24.3 Å². The Morgan fingerprint density at radius 3 is 2.18 bits per heavy atom. The average Bonchev–Trinajstić information content (AvgIpc) is 2.53. The number of methoxy groups -OCH3 is 1. The lowest BCUT2D eigenvalue weighted by molar-refractivity contribution is 0.267. The molecule has 0 saturated heterocycles. The number of hydrogen-bond donors (Lipinski definition) is 1. The second kappa shape index (κ2) is 8.39. The Morgan fingerprint density at radius 1 is 0.909 bits per heavy atom. The van der Waals surface area contributed by atoms with E-state index in [2.05, 4.69) is 0 Å². The van der Waals surface area contributed by atoms with E-state index in [1.807, 2.05) is 36.4 Å². The number of unbranched alkanes of at least 4 members (excludes halogenated alkanes) is 1. The van der Waals surface area contributed by atoms with Crippen molar-refractivity contribution in [1.29, 1.82) is 0 Å². The van der Waals surface area contributed by atoms with Gasteiger partial charge in [-0.1, -0.05) is 11.6 Å². The largest absolute Gasteiger partial charge is 0.497 e. The van der Waals surface area contributed by atoms with Crippen molar-refractivity contribution < 1.29 is 14.2 Å². The molecule has 0 unspecified atom stereocenters. The Balaban J connectivity index is 1.64. The molecule has 0 radical (unpaired) electrons. The number of ether oxygens (including phenoxy) is 3. The molecule has 2 rings (SSSR count). The highest BCUT2D eigenvalue weighted by atomic mass is 35.5. The SMILES string of the molecule is COc1ccc(OCCCCOc2ccc(Cl)cc2)c(N)c1. The second-order valence-electron chi connectivity index (χ2n) is 4.76. The lowest BCUT2D eigenvalue weighted by Gasteiger charge is -2.10. The van der Waals surface area contributed by atoms with Gasteiger partial charge in [0, 0.05) is 11.1 Å². The summed E-state index contributed by atoms with van der Waals surface area (Å²) in [6.07, 6.45) is 1.79. The van der Waals surface area contributed by atoms with Gasteiger partial charge >= 0.3 is 0 Å². The molecule has 0 aliphatic heterocycles. The quantitative estimate of drug-likeness (QED) is 0.585. The molecule has 4 nitrogen and oxygen atoms in total. The second-order valence-corrected chi connectivity index (χ2v) is 5.20.